The number of alkyl halides is 3. The summed E-state index contributed by atoms with van der Waals surface area (Å²) in [5.74, 6) is 0. The molecule has 0 N–H and O–H groups in total. The van der Waals surface area contributed by atoms with Gasteiger partial charge in [-0.1, -0.05) is 0 Å². The summed E-state index contributed by atoms with van der Waals surface area (Å²) in [7, 11) is -3.95. The standard InChI is InChI=1S/C7H13F3N2O2S/c1-12(5-3-2-4-6-12)11-15(13,14)7(8,9)10/h2-6H2,1H3. The van der Waals surface area contributed by atoms with Crippen LogP contribution in [0.15, 0.2) is 0 Å². The minimum Gasteiger partial charge on any atom is -0.383 e. The van der Waals surface area contributed by atoms with Crippen LogP contribution >= 0.6 is 0 Å². The molecule has 1 heterocycles. The van der Waals surface area contributed by atoms with Crippen LogP contribution in [0, 0.1) is 0 Å². The maximum atomic E-state index is 12.1. The first kappa shape index (κ1) is 12.7. The molecule has 1 aliphatic rings. The van der Waals surface area contributed by atoms with Gasteiger partial charge in [0.15, 0.2) is 0 Å². The molecule has 15 heavy (non-hydrogen) atoms. The molecule has 1 aliphatic heterocycles. The summed E-state index contributed by atoms with van der Waals surface area (Å²) >= 11 is 0. The maximum absolute atomic E-state index is 12.1. The van der Waals surface area contributed by atoms with Gasteiger partial charge in [0.1, 0.15) is 0 Å². The first-order valence-electron chi connectivity index (χ1n) is 4.57. The van der Waals surface area contributed by atoms with E-state index < -0.39 is 15.5 Å². The second kappa shape index (κ2) is 3.91. The number of quaternary nitrogens is 1. The molecule has 0 aromatic rings. The van der Waals surface area contributed by atoms with Crippen molar-refractivity contribution in [3.8, 4) is 0 Å². The molecule has 0 aromatic carbocycles. The van der Waals surface area contributed by atoms with Crippen molar-refractivity contribution in [2.75, 3.05) is 20.1 Å². The lowest BCUT2D eigenvalue weighted by Gasteiger charge is -2.47. The van der Waals surface area contributed by atoms with Crippen LogP contribution in [0.2, 0.25) is 0 Å². The first-order chi connectivity index (χ1) is 6.66. The lowest BCUT2D eigenvalue weighted by Crippen LogP contribution is -2.47. The zero-order chi connectivity index (χ0) is 11.7. The molecule has 0 spiro atoms. The molecular formula is C7H13F3N2O2S. The van der Waals surface area contributed by atoms with E-state index in [1.807, 2.05) is 0 Å². The van der Waals surface area contributed by atoms with Gasteiger partial charge >= 0.3 is 5.51 Å². The van der Waals surface area contributed by atoms with Crippen LogP contribution in [0.5, 0.6) is 0 Å². The van der Waals surface area contributed by atoms with E-state index in [0.717, 1.165) is 6.42 Å². The predicted octanol–water partition coefficient (Wildman–Crippen LogP) is 1.76. The molecule has 0 aliphatic carbocycles. The van der Waals surface area contributed by atoms with Gasteiger partial charge in [0, 0.05) is 0 Å². The molecule has 1 saturated heterocycles. The van der Waals surface area contributed by atoms with Gasteiger partial charge in [0.2, 0.25) is 10.0 Å². The topological polar surface area (TPSA) is 48.2 Å². The Hall–Kier alpha value is -0.340. The summed E-state index contributed by atoms with van der Waals surface area (Å²) < 4.78 is 57.4. The smallest absolute Gasteiger partial charge is 0.383 e. The van der Waals surface area contributed by atoms with Crippen molar-refractivity contribution >= 4 is 10.0 Å². The van der Waals surface area contributed by atoms with Crippen molar-refractivity contribution < 1.29 is 26.2 Å². The third-order valence-electron chi connectivity index (χ3n) is 2.38. The second-order valence-electron chi connectivity index (χ2n) is 3.85. The van der Waals surface area contributed by atoms with E-state index >= 15 is 0 Å². The van der Waals surface area contributed by atoms with Gasteiger partial charge in [-0.25, -0.2) is 8.42 Å². The second-order valence-corrected chi connectivity index (χ2v) is 5.43. The molecule has 1 rings (SSSR count). The van der Waals surface area contributed by atoms with Gasteiger partial charge in [-0.15, -0.1) is 0 Å². The molecule has 1 fully saturated rings. The highest BCUT2D eigenvalue weighted by molar-refractivity contribution is 7.94. The molecule has 8 heteroatoms. The Kier molecular flexibility index (Phi) is 3.32. The van der Waals surface area contributed by atoms with Gasteiger partial charge in [0.05, 0.1) is 20.1 Å². The molecule has 90 valence electrons. The van der Waals surface area contributed by atoms with Crippen LogP contribution in [0.4, 0.5) is 13.2 Å². The fraction of sp³-hybridized carbons (Fsp3) is 1.00. The monoisotopic (exact) mass is 246 g/mol. The van der Waals surface area contributed by atoms with Crippen molar-refractivity contribution in [1.29, 1.82) is 0 Å². The van der Waals surface area contributed by atoms with Crippen molar-refractivity contribution in [3.05, 3.63) is 4.83 Å². The van der Waals surface area contributed by atoms with Crippen molar-refractivity contribution in [2.45, 2.75) is 24.8 Å². The Labute approximate surface area is 86.7 Å². The predicted molar refractivity (Wildman–Crippen MR) is 48.1 cm³/mol. The Morgan fingerprint density at radius 2 is 1.60 bits per heavy atom. The van der Waals surface area contributed by atoms with Crippen LogP contribution in [0.1, 0.15) is 19.3 Å². The minimum atomic E-state index is -5.36. The van der Waals surface area contributed by atoms with Gasteiger partial charge in [0.25, 0.3) is 0 Å². The van der Waals surface area contributed by atoms with E-state index in [1.165, 1.54) is 7.05 Å². The summed E-state index contributed by atoms with van der Waals surface area (Å²) in [5.41, 5.74) is -5.29. The minimum absolute atomic E-state index is 0.343. The summed E-state index contributed by atoms with van der Waals surface area (Å²) in [5, 5.41) is 0. The highest BCUT2D eigenvalue weighted by Crippen LogP contribution is 2.33. The Morgan fingerprint density at radius 1 is 1.13 bits per heavy atom. The summed E-state index contributed by atoms with van der Waals surface area (Å²) in [6.45, 7) is 0.685. The molecule has 0 unspecified atom stereocenters. The molecule has 0 radical (unpaired) electrons. The zero-order valence-corrected chi connectivity index (χ0v) is 9.11. The number of hydrogen-bond acceptors (Lipinski definition) is 2. The van der Waals surface area contributed by atoms with E-state index in [-0.39, 0.29) is 4.59 Å². The lowest BCUT2D eigenvalue weighted by atomic mass is 10.1. The van der Waals surface area contributed by atoms with E-state index in [4.69, 9.17) is 0 Å². The van der Waals surface area contributed by atoms with Gasteiger partial charge in [-0.05, 0) is 19.3 Å². The average molecular weight is 246 g/mol. The van der Waals surface area contributed by atoms with E-state index in [9.17, 15) is 21.6 Å². The summed E-state index contributed by atoms with van der Waals surface area (Å²) in [4.78, 5) is 2.96. The number of rotatable bonds is 2. The van der Waals surface area contributed by atoms with Crippen molar-refractivity contribution in [2.24, 2.45) is 0 Å². The molecular weight excluding hydrogens is 233 g/mol. The van der Waals surface area contributed by atoms with E-state index in [0.29, 0.717) is 25.9 Å². The molecule has 0 aromatic heterocycles. The Bertz CT molecular complexity index is 320. The van der Waals surface area contributed by atoms with Gasteiger partial charge in [-0.3, -0.25) is 0 Å². The lowest BCUT2D eigenvalue weighted by molar-refractivity contribution is -0.871. The zero-order valence-electron chi connectivity index (χ0n) is 8.29. The highest BCUT2D eigenvalue weighted by atomic mass is 32.2. The molecule has 0 atom stereocenters. The summed E-state index contributed by atoms with van der Waals surface area (Å²) in [6, 6.07) is 0. The fourth-order valence-electron chi connectivity index (χ4n) is 1.58. The largest absolute Gasteiger partial charge is 0.483 e. The van der Waals surface area contributed by atoms with Crippen molar-refractivity contribution in [1.82, 2.24) is 0 Å². The number of nitrogens with zero attached hydrogens (tertiary/aromatic N) is 2. The normalized spacial score (nSPS) is 22.7. The van der Waals surface area contributed by atoms with Crippen LogP contribution in [0.3, 0.4) is 0 Å². The number of piperidine rings is 1. The van der Waals surface area contributed by atoms with Crippen LogP contribution < -0.4 is 0 Å². The van der Waals surface area contributed by atoms with Gasteiger partial charge < -0.3 is 9.42 Å². The Morgan fingerprint density at radius 3 is 2.00 bits per heavy atom. The number of likely N-dealkylation sites (tertiary alicyclic amines) is 1. The molecule has 0 amide bonds. The van der Waals surface area contributed by atoms with E-state index in [2.05, 4.69) is 4.83 Å². The fourth-order valence-corrected chi connectivity index (χ4v) is 2.36. The Balaban J connectivity index is 2.76. The number of halogens is 3. The third-order valence-corrected chi connectivity index (χ3v) is 3.57. The number of sulfonamides is 1. The third kappa shape index (κ3) is 3.05. The highest BCUT2D eigenvalue weighted by Gasteiger charge is 2.42. The molecule has 0 bridgehead atoms. The van der Waals surface area contributed by atoms with Crippen LogP contribution in [-0.2, 0) is 10.0 Å². The maximum Gasteiger partial charge on any atom is 0.483 e. The first-order valence-corrected chi connectivity index (χ1v) is 6.01. The van der Waals surface area contributed by atoms with Crippen LogP contribution in [-0.4, -0.2) is 38.7 Å². The average Bonchev–Trinajstić information content (AvgIpc) is 2.00. The SMILES string of the molecule is C[N+]1([N-]S(=O)(=O)C(F)(F)F)CCCCC1. The number of hydrogen-bond donors (Lipinski definition) is 0. The van der Waals surface area contributed by atoms with Crippen LogP contribution in [0.25, 0.3) is 4.83 Å². The quantitative estimate of drug-likeness (QED) is 0.697. The molecule has 4 nitrogen and oxygen atoms in total. The summed E-state index contributed by atoms with van der Waals surface area (Å²) in [6.07, 6.45) is 2.32. The van der Waals surface area contributed by atoms with Crippen molar-refractivity contribution in [3.63, 3.8) is 0 Å². The molecule has 0 saturated carbocycles. The van der Waals surface area contributed by atoms with Gasteiger partial charge in [-0.2, -0.15) is 13.2 Å². The van der Waals surface area contributed by atoms with E-state index in [1.54, 1.807) is 0 Å².